The van der Waals surface area contributed by atoms with E-state index in [1.165, 1.54) is 21.3 Å². The van der Waals surface area contributed by atoms with Gasteiger partial charge in [-0.05, 0) is 17.7 Å². The van der Waals surface area contributed by atoms with Crippen molar-refractivity contribution in [3.8, 4) is 28.7 Å². The number of carbonyl (C=O) groups is 1. The molecule has 0 spiro atoms. The molecule has 0 saturated heterocycles. The molecule has 1 N–H and O–H groups in total. The van der Waals surface area contributed by atoms with Crippen molar-refractivity contribution in [1.82, 2.24) is 10.2 Å². The molecule has 31 heavy (non-hydrogen) atoms. The van der Waals surface area contributed by atoms with Crippen molar-refractivity contribution in [3.63, 3.8) is 0 Å². The van der Waals surface area contributed by atoms with Crippen molar-refractivity contribution in [2.75, 3.05) is 32.4 Å². The van der Waals surface area contributed by atoms with Crippen LogP contribution in [0.4, 0.5) is 6.01 Å². The molecule has 0 aliphatic rings. The van der Waals surface area contributed by atoms with Crippen LogP contribution in [0.15, 0.2) is 46.9 Å². The van der Waals surface area contributed by atoms with E-state index in [4.69, 9.17) is 18.6 Å². The zero-order chi connectivity index (χ0) is 22.4. The first-order chi connectivity index (χ1) is 14.8. The SMILES string of the molecule is COc1cc(-c2nnc(NC(=O)CS(=O)(=O)Cc3ccccc3)o2)cc(OC)c1OC. The lowest BCUT2D eigenvalue weighted by Crippen LogP contribution is -2.24. The van der Waals surface area contributed by atoms with Crippen LogP contribution in [0.3, 0.4) is 0 Å². The number of methoxy groups -OCH3 is 3. The minimum Gasteiger partial charge on any atom is -0.493 e. The topological polar surface area (TPSA) is 130 Å². The van der Waals surface area contributed by atoms with Gasteiger partial charge in [0, 0.05) is 5.56 Å². The molecule has 0 radical (unpaired) electrons. The summed E-state index contributed by atoms with van der Waals surface area (Å²) in [6.45, 7) is 0. The van der Waals surface area contributed by atoms with Crippen molar-refractivity contribution >= 4 is 21.8 Å². The van der Waals surface area contributed by atoms with Crippen LogP contribution in [-0.2, 0) is 20.4 Å². The fourth-order valence-corrected chi connectivity index (χ4v) is 4.10. The van der Waals surface area contributed by atoms with E-state index in [2.05, 4.69) is 15.5 Å². The Kier molecular flexibility index (Phi) is 6.75. The summed E-state index contributed by atoms with van der Waals surface area (Å²) < 4.78 is 45.8. The Morgan fingerprint density at radius 3 is 2.23 bits per heavy atom. The van der Waals surface area contributed by atoms with E-state index in [1.54, 1.807) is 42.5 Å². The van der Waals surface area contributed by atoms with Gasteiger partial charge in [0.05, 0.1) is 27.1 Å². The van der Waals surface area contributed by atoms with E-state index >= 15 is 0 Å². The Labute approximate surface area is 179 Å². The molecule has 3 rings (SSSR count). The quantitative estimate of drug-likeness (QED) is 0.525. The lowest BCUT2D eigenvalue weighted by Gasteiger charge is -2.12. The molecule has 0 bridgehead atoms. The molecule has 164 valence electrons. The number of ether oxygens (including phenoxy) is 3. The number of benzene rings is 2. The number of anilines is 1. The summed E-state index contributed by atoms with van der Waals surface area (Å²) >= 11 is 0. The third-order valence-corrected chi connectivity index (χ3v) is 5.64. The molecule has 0 aliphatic carbocycles. The number of carbonyl (C=O) groups excluding carboxylic acids is 1. The van der Waals surface area contributed by atoms with Gasteiger partial charge in [0.2, 0.25) is 17.5 Å². The molecule has 0 aliphatic heterocycles. The summed E-state index contributed by atoms with van der Waals surface area (Å²) in [6.07, 6.45) is 0. The third kappa shape index (κ3) is 5.51. The van der Waals surface area contributed by atoms with Gasteiger partial charge in [-0.3, -0.25) is 10.1 Å². The second-order valence-corrected chi connectivity index (χ2v) is 8.46. The monoisotopic (exact) mass is 447 g/mol. The van der Waals surface area contributed by atoms with Crippen LogP contribution in [0.5, 0.6) is 17.2 Å². The van der Waals surface area contributed by atoms with Gasteiger partial charge in [-0.2, -0.15) is 0 Å². The smallest absolute Gasteiger partial charge is 0.322 e. The van der Waals surface area contributed by atoms with Crippen molar-refractivity contribution in [3.05, 3.63) is 48.0 Å². The van der Waals surface area contributed by atoms with Gasteiger partial charge in [-0.15, -0.1) is 5.10 Å². The lowest BCUT2D eigenvalue weighted by molar-refractivity contribution is -0.114. The Hall–Kier alpha value is -3.60. The van der Waals surface area contributed by atoms with Crippen LogP contribution in [0.2, 0.25) is 0 Å². The number of amides is 1. The molecular weight excluding hydrogens is 426 g/mol. The highest BCUT2D eigenvalue weighted by Gasteiger charge is 2.21. The molecule has 10 nitrogen and oxygen atoms in total. The van der Waals surface area contributed by atoms with E-state index < -0.39 is 21.5 Å². The van der Waals surface area contributed by atoms with E-state index in [-0.39, 0.29) is 17.7 Å². The second kappa shape index (κ2) is 9.47. The van der Waals surface area contributed by atoms with Crippen LogP contribution in [0.25, 0.3) is 11.5 Å². The van der Waals surface area contributed by atoms with Crippen molar-refractivity contribution in [1.29, 1.82) is 0 Å². The molecular formula is C20H21N3O7S. The third-order valence-electron chi connectivity index (χ3n) is 4.16. The summed E-state index contributed by atoms with van der Waals surface area (Å²) in [5, 5.41) is 9.93. The van der Waals surface area contributed by atoms with Crippen LogP contribution in [-0.4, -0.2) is 51.6 Å². The maximum atomic E-state index is 12.3. The molecule has 3 aromatic rings. The average molecular weight is 447 g/mol. The number of sulfone groups is 1. The lowest BCUT2D eigenvalue weighted by atomic mass is 10.2. The first-order valence-electron chi connectivity index (χ1n) is 9.03. The predicted molar refractivity (Wildman–Crippen MR) is 112 cm³/mol. The highest BCUT2D eigenvalue weighted by atomic mass is 32.2. The molecule has 0 unspecified atom stereocenters. The molecule has 0 atom stereocenters. The van der Waals surface area contributed by atoms with Gasteiger partial charge in [0.15, 0.2) is 21.3 Å². The minimum absolute atomic E-state index is 0.0710. The van der Waals surface area contributed by atoms with Crippen LogP contribution in [0.1, 0.15) is 5.56 Å². The molecule has 2 aromatic carbocycles. The summed E-state index contributed by atoms with van der Waals surface area (Å²) in [7, 11) is 0.742. The molecule has 0 fully saturated rings. The zero-order valence-electron chi connectivity index (χ0n) is 17.1. The Morgan fingerprint density at radius 1 is 1.00 bits per heavy atom. The van der Waals surface area contributed by atoms with Crippen LogP contribution < -0.4 is 19.5 Å². The normalized spacial score (nSPS) is 11.1. The Balaban J connectivity index is 1.72. The molecule has 1 heterocycles. The van der Waals surface area contributed by atoms with Gasteiger partial charge in [-0.1, -0.05) is 35.4 Å². The number of nitrogens with one attached hydrogen (secondary N) is 1. The Bertz CT molecular complexity index is 1140. The van der Waals surface area contributed by atoms with Gasteiger partial charge < -0.3 is 18.6 Å². The van der Waals surface area contributed by atoms with E-state index in [0.717, 1.165) is 0 Å². The minimum atomic E-state index is -3.67. The number of nitrogens with zero attached hydrogens (tertiary/aromatic N) is 2. The highest BCUT2D eigenvalue weighted by Crippen LogP contribution is 2.41. The first-order valence-corrected chi connectivity index (χ1v) is 10.9. The summed E-state index contributed by atoms with van der Waals surface area (Å²) in [5.74, 6) is -0.519. The number of rotatable bonds is 9. The average Bonchev–Trinajstić information content (AvgIpc) is 3.20. The maximum absolute atomic E-state index is 12.3. The van der Waals surface area contributed by atoms with Crippen LogP contribution in [0, 0.1) is 0 Å². The summed E-state index contributed by atoms with van der Waals surface area (Å²) in [4.78, 5) is 12.2. The summed E-state index contributed by atoms with van der Waals surface area (Å²) in [6, 6.07) is 11.6. The highest BCUT2D eigenvalue weighted by molar-refractivity contribution is 7.91. The standard InChI is InChI=1S/C20H21N3O7S/c1-27-15-9-14(10-16(28-2)18(15)29-3)19-22-23-20(30-19)21-17(24)12-31(25,26)11-13-7-5-4-6-8-13/h4-10H,11-12H2,1-3H3,(H,21,23,24). The molecule has 0 saturated carbocycles. The van der Waals surface area contributed by atoms with E-state index in [9.17, 15) is 13.2 Å². The van der Waals surface area contributed by atoms with Gasteiger partial charge in [0.25, 0.3) is 0 Å². The molecule has 1 aromatic heterocycles. The van der Waals surface area contributed by atoms with Crippen molar-refractivity contribution < 1.29 is 31.8 Å². The number of aromatic nitrogens is 2. The second-order valence-electron chi connectivity index (χ2n) is 6.39. The molecule has 1 amide bonds. The number of hydrogen-bond acceptors (Lipinski definition) is 9. The maximum Gasteiger partial charge on any atom is 0.322 e. The predicted octanol–water partition coefficient (Wildman–Crippen LogP) is 2.32. The molecule has 11 heteroatoms. The fraction of sp³-hybridized carbons (Fsp3) is 0.250. The van der Waals surface area contributed by atoms with Crippen molar-refractivity contribution in [2.45, 2.75) is 5.75 Å². The van der Waals surface area contributed by atoms with Gasteiger partial charge >= 0.3 is 6.01 Å². The van der Waals surface area contributed by atoms with Crippen LogP contribution >= 0.6 is 0 Å². The summed E-state index contributed by atoms with van der Waals surface area (Å²) in [5.41, 5.74) is 1.05. The fourth-order valence-electron chi connectivity index (χ4n) is 2.83. The van der Waals surface area contributed by atoms with E-state index in [1.807, 2.05) is 0 Å². The van der Waals surface area contributed by atoms with Gasteiger partial charge in [0.1, 0.15) is 5.75 Å². The Morgan fingerprint density at radius 2 is 1.65 bits per heavy atom. The van der Waals surface area contributed by atoms with Crippen molar-refractivity contribution in [2.24, 2.45) is 0 Å². The largest absolute Gasteiger partial charge is 0.493 e. The van der Waals surface area contributed by atoms with E-state index in [0.29, 0.717) is 28.4 Å². The number of hydrogen-bond donors (Lipinski definition) is 1. The zero-order valence-corrected chi connectivity index (χ0v) is 17.9. The van der Waals surface area contributed by atoms with Gasteiger partial charge in [-0.25, -0.2) is 8.42 Å². The first kappa shape index (κ1) is 22.1.